The van der Waals surface area contributed by atoms with Gasteiger partial charge in [0.2, 0.25) is 0 Å². The van der Waals surface area contributed by atoms with Crippen LogP contribution in [0.1, 0.15) is 57.9 Å². The largest absolute Gasteiger partial charge is 0.272 e. The SMILES string of the molecule is C/C(I)=C1/CN(OCc2ccccc2)C(=O)[C@@]1(C)CC1CCCCC1. The van der Waals surface area contributed by atoms with Crippen molar-refractivity contribution in [1.82, 2.24) is 5.06 Å². The summed E-state index contributed by atoms with van der Waals surface area (Å²) < 4.78 is 1.23. The highest BCUT2D eigenvalue weighted by molar-refractivity contribution is 14.1. The van der Waals surface area contributed by atoms with Crippen molar-refractivity contribution in [3.8, 4) is 0 Å². The molecule has 1 aliphatic carbocycles. The van der Waals surface area contributed by atoms with Gasteiger partial charge in [0.05, 0.1) is 12.0 Å². The van der Waals surface area contributed by atoms with E-state index in [1.165, 1.54) is 41.3 Å². The third-order valence-electron chi connectivity index (χ3n) is 5.73. The predicted molar refractivity (Wildman–Crippen MR) is 109 cm³/mol. The van der Waals surface area contributed by atoms with Crippen LogP contribution in [0.5, 0.6) is 0 Å². The minimum atomic E-state index is -0.399. The molecule has 0 bridgehead atoms. The van der Waals surface area contributed by atoms with Crippen molar-refractivity contribution >= 4 is 28.5 Å². The van der Waals surface area contributed by atoms with E-state index in [2.05, 4.69) is 36.4 Å². The summed E-state index contributed by atoms with van der Waals surface area (Å²) in [7, 11) is 0. The van der Waals surface area contributed by atoms with E-state index in [1.54, 1.807) is 5.06 Å². The molecule has 1 aromatic rings. The number of halogens is 1. The van der Waals surface area contributed by atoms with Crippen molar-refractivity contribution in [2.45, 2.75) is 59.0 Å². The molecule has 1 atom stereocenters. The van der Waals surface area contributed by atoms with Gasteiger partial charge < -0.3 is 0 Å². The van der Waals surface area contributed by atoms with Gasteiger partial charge in [-0.2, -0.15) is 0 Å². The topological polar surface area (TPSA) is 29.5 Å². The van der Waals surface area contributed by atoms with Crippen molar-refractivity contribution in [3.05, 3.63) is 45.0 Å². The highest BCUT2D eigenvalue weighted by Crippen LogP contribution is 2.47. The Bertz CT molecular complexity index is 633. The maximum absolute atomic E-state index is 13.2. The van der Waals surface area contributed by atoms with Crippen LogP contribution >= 0.6 is 22.6 Å². The first-order valence-corrected chi connectivity index (χ1v) is 10.4. The van der Waals surface area contributed by atoms with Gasteiger partial charge in [-0.15, -0.1) is 0 Å². The van der Waals surface area contributed by atoms with Crippen LogP contribution in [0.3, 0.4) is 0 Å². The highest BCUT2D eigenvalue weighted by atomic mass is 127. The van der Waals surface area contributed by atoms with Gasteiger partial charge in [-0.05, 0) is 63.5 Å². The molecule has 0 aromatic heterocycles. The van der Waals surface area contributed by atoms with Gasteiger partial charge in [-0.25, -0.2) is 5.06 Å². The molecule has 1 amide bonds. The van der Waals surface area contributed by atoms with Gasteiger partial charge in [0, 0.05) is 0 Å². The van der Waals surface area contributed by atoms with Crippen LogP contribution in [0.2, 0.25) is 0 Å². The van der Waals surface area contributed by atoms with Crippen LogP contribution in [0.15, 0.2) is 39.5 Å². The third kappa shape index (κ3) is 4.27. The van der Waals surface area contributed by atoms with Gasteiger partial charge in [0.1, 0.15) is 6.61 Å². The fraction of sp³-hybridized carbons (Fsp3) is 0.571. The Morgan fingerprint density at radius 2 is 1.92 bits per heavy atom. The molecule has 0 unspecified atom stereocenters. The van der Waals surface area contributed by atoms with Crippen LogP contribution in [0.4, 0.5) is 0 Å². The molecule has 25 heavy (non-hydrogen) atoms. The second kappa shape index (κ2) is 8.21. The summed E-state index contributed by atoms with van der Waals surface area (Å²) >= 11 is 2.37. The number of hydroxylamine groups is 2. The summed E-state index contributed by atoms with van der Waals surface area (Å²) in [4.78, 5) is 19.1. The summed E-state index contributed by atoms with van der Waals surface area (Å²) in [5, 5.41) is 1.60. The molecule has 136 valence electrons. The Labute approximate surface area is 164 Å². The maximum Gasteiger partial charge on any atom is 0.256 e. The van der Waals surface area contributed by atoms with Crippen LogP contribution < -0.4 is 0 Å². The monoisotopic (exact) mass is 453 g/mol. The molecule has 1 aliphatic heterocycles. The van der Waals surface area contributed by atoms with Crippen molar-refractivity contribution in [3.63, 3.8) is 0 Å². The Morgan fingerprint density at radius 1 is 1.24 bits per heavy atom. The van der Waals surface area contributed by atoms with Gasteiger partial charge in [0.25, 0.3) is 5.91 Å². The average Bonchev–Trinajstić information content (AvgIpc) is 2.86. The fourth-order valence-electron chi connectivity index (χ4n) is 4.29. The number of benzene rings is 1. The highest BCUT2D eigenvalue weighted by Gasteiger charge is 2.49. The zero-order valence-corrected chi connectivity index (χ0v) is 17.4. The van der Waals surface area contributed by atoms with Crippen molar-refractivity contribution in [2.24, 2.45) is 11.3 Å². The lowest BCUT2D eigenvalue weighted by atomic mass is 9.72. The molecule has 0 spiro atoms. The summed E-state index contributed by atoms with van der Waals surface area (Å²) in [5.41, 5.74) is 1.94. The predicted octanol–water partition coefficient (Wildman–Crippen LogP) is 5.65. The summed E-state index contributed by atoms with van der Waals surface area (Å²) in [6, 6.07) is 10.0. The summed E-state index contributed by atoms with van der Waals surface area (Å²) in [5.74, 6) is 0.808. The van der Waals surface area contributed by atoms with E-state index in [9.17, 15) is 4.79 Å². The molecular formula is C21H28INO2. The molecule has 1 saturated heterocycles. The number of hydrogen-bond donors (Lipinski definition) is 0. The van der Waals surface area contributed by atoms with E-state index in [4.69, 9.17) is 4.84 Å². The molecule has 3 rings (SSSR count). The van der Waals surface area contributed by atoms with E-state index >= 15 is 0 Å². The second-order valence-corrected chi connectivity index (χ2v) is 9.27. The molecule has 0 N–H and O–H groups in total. The lowest BCUT2D eigenvalue weighted by Gasteiger charge is -2.31. The van der Waals surface area contributed by atoms with Crippen LogP contribution in [-0.2, 0) is 16.2 Å². The van der Waals surface area contributed by atoms with Crippen LogP contribution in [-0.4, -0.2) is 17.5 Å². The average molecular weight is 453 g/mol. The summed E-state index contributed by atoms with van der Waals surface area (Å²) in [6.45, 7) is 5.29. The number of allylic oxidation sites excluding steroid dienone is 1. The summed E-state index contributed by atoms with van der Waals surface area (Å²) in [6.07, 6.45) is 7.47. The molecule has 1 heterocycles. The fourth-order valence-corrected chi connectivity index (χ4v) is 5.06. The van der Waals surface area contributed by atoms with E-state index in [1.807, 2.05) is 30.3 Å². The van der Waals surface area contributed by atoms with Crippen LogP contribution in [0.25, 0.3) is 0 Å². The van der Waals surface area contributed by atoms with E-state index < -0.39 is 5.41 Å². The number of carbonyl (C=O) groups excluding carboxylic acids is 1. The Hall–Kier alpha value is -0.880. The number of rotatable bonds is 5. The van der Waals surface area contributed by atoms with Crippen molar-refractivity contribution in [1.29, 1.82) is 0 Å². The number of hydrogen-bond acceptors (Lipinski definition) is 2. The minimum Gasteiger partial charge on any atom is -0.272 e. The quantitative estimate of drug-likeness (QED) is 0.540. The molecule has 2 fully saturated rings. The van der Waals surface area contributed by atoms with Crippen LogP contribution in [0, 0.1) is 11.3 Å². The standard InChI is InChI=1S/C21H28INO2/c1-16(22)19-14-23(25-15-18-11-7-4-8-12-18)20(24)21(19,2)13-17-9-5-3-6-10-17/h4,7-8,11-12,17H,3,5-6,9-10,13-15H2,1-2H3/b19-16+/t21-/m0/s1. The Kier molecular flexibility index (Phi) is 6.21. The molecule has 4 heteroatoms. The molecule has 1 aromatic carbocycles. The minimum absolute atomic E-state index is 0.139. The van der Waals surface area contributed by atoms with Gasteiger partial charge in [-0.1, -0.05) is 62.4 Å². The van der Waals surface area contributed by atoms with E-state index in [0.717, 1.165) is 12.0 Å². The smallest absolute Gasteiger partial charge is 0.256 e. The third-order valence-corrected chi connectivity index (χ3v) is 6.38. The van der Waals surface area contributed by atoms with Gasteiger partial charge >= 0.3 is 0 Å². The van der Waals surface area contributed by atoms with Crippen molar-refractivity contribution in [2.75, 3.05) is 6.54 Å². The lowest BCUT2D eigenvalue weighted by Crippen LogP contribution is -2.35. The number of amides is 1. The zero-order chi connectivity index (χ0) is 17.9. The first-order valence-electron chi connectivity index (χ1n) is 9.35. The lowest BCUT2D eigenvalue weighted by molar-refractivity contribution is -0.187. The molecular weight excluding hydrogens is 425 g/mol. The zero-order valence-electron chi connectivity index (χ0n) is 15.3. The van der Waals surface area contributed by atoms with E-state index in [0.29, 0.717) is 19.1 Å². The van der Waals surface area contributed by atoms with E-state index in [-0.39, 0.29) is 5.91 Å². The second-order valence-electron chi connectivity index (χ2n) is 7.65. The Morgan fingerprint density at radius 3 is 2.56 bits per heavy atom. The molecule has 1 saturated carbocycles. The normalized spacial score (nSPS) is 27.0. The number of nitrogens with zero attached hydrogens (tertiary/aromatic N) is 1. The molecule has 0 radical (unpaired) electrons. The van der Waals surface area contributed by atoms with Gasteiger partial charge in [0.15, 0.2) is 0 Å². The molecule has 3 nitrogen and oxygen atoms in total. The maximum atomic E-state index is 13.2. The molecule has 2 aliphatic rings. The first kappa shape index (κ1) is 18.9. The number of carbonyl (C=O) groups is 1. The first-order chi connectivity index (χ1) is 12.0. The van der Waals surface area contributed by atoms with Gasteiger partial charge in [-0.3, -0.25) is 9.63 Å². The van der Waals surface area contributed by atoms with Crippen molar-refractivity contribution < 1.29 is 9.63 Å². The Balaban J connectivity index is 1.72.